The van der Waals surface area contributed by atoms with E-state index in [0.29, 0.717) is 22.7 Å². The molecule has 0 unspecified atom stereocenters. The van der Waals surface area contributed by atoms with Crippen molar-refractivity contribution in [3.05, 3.63) is 0 Å². The lowest BCUT2D eigenvalue weighted by Gasteiger charge is -2.54. The van der Waals surface area contributed by atoms with E-state index in [9.17, 15) is 4.79 Å². The number of hydrogen-bond donors (Lipinski definition) is 0. The highest BCUT2D eigenvalue weighted by molar-refractivity contribution is 5.86. The maximum Gasteiger partial charge on any atom is 0.141 e. The van der Waals surface area contributed by atoms with Crippen molar-refractivity contribution >= 4 is 5.78 Å². The van der Waals surface area contributed by atoms with E-state index in [1.54, 1.807) is 0 Å². The van der Waals surface area contributed by atoms with Gasteiger partial charge in [-0.25, -0.2) is 0 Å². The van der Waals surface area contributed by atoms with Crippen LogP contribution < -0.4 is 0 Å². The van der Waals surface area contributed by atoms with E-state index in [1.165, 1.54) is 25.9 Å². The molecule has 1 saturated carbocycles. The Balaban J connectivity index is 1.86. The lowest BCUT2D eigenvalue weighted by molar-refractivity contribution is -0.141. The molecule has 1 aliphatic heterocycles. The topological polar surface area (TPSA) is 20.3 Å². The van der Waals surface area contributed by atoms with Gasteiger partial charge in [-0.05, 0) is 65.0 Å². The van der Waals surface area contributed by atoms with Crippen LogP contribution in [0.1, 0.15) is 67.2 Å². The molecule has 0 bridgehead atoms. The molecule has 0 radical (unpaired) electrons. The zero-order valence-electron chi connectivity index (χ0n) is 13.7. The highest BCUT2D eigenvalue weighted by Gasteiger charge is 2.50. The van der Waals surface area contributed by atoms with Gasteiger partial charge in [0.25, 0.3) is 0 Å². The van der Waals surface area contributed by atoms with Crippen LogP contribution in [0.3, 0.4) is 0 Å². The molecule has 2 nitrogen and oxygen atoms in total. The Labute approximate surface area is 118 Å². The lowest BCUT2D eigenvalue weighted by Crippen LogP contribution is -2.54. The van der Waals surface area contributed by atoms with E-state index in [4.69, 9.17) is 0 Å². The fourth-order valence-electron chi connectivity index (χ4n) is 3.84. The van der Waals surface area contributed by atoms with Crippen LogP contribution in [0.5, 0.6) is 0 Å². The van der Waals surface area contributed by atoms with E-state index in [0.717, 1.165) is 12.8 Å². The van der Waals surface area contributed by atoms with Gasteiger partial charge < -0.3 is 0 Å². The van der Waals surface area contributed by atoms with Gasteiger partial charge in [-0.3, -0.25) is 9.69 Å². The third-order valence-electron chi connectivity index (χ3n) is 5.24. The molecule has 0 aromatic carbocycles. The molecule has 2 heteroatoms. The largest absolute Gasteiger partial charge is 0.299 e. The number of rotatable bonds is 1. The molecule has 0 aromatic heterocycles. The first kappa shape index (κ1) is 15.0. The first-order valence-corrected chi connectivity index (χ1v) is 7.83. The Morgan fingerprint density at radius 2 is 1.47 bits per heavy atom. The highest BCUT2D eigenvalue weighted by atomic mass is 16.1. The van der Waals surface area contributed by atoms with Crippen molar-refractivity contribution in [1.82, 2.24) is 4.90 Å². The summed E-state index contributed by atoms with van der Waals surface area (Å²) in [4.78, 5) is 14.9. The van der Waals surface area contributed by atoms with Crippen LogP contribution in [0, 0.1) is 16.7 Å². The summed E-state index contributed by atoms with van der Waals surface area (Å²) in [6.07, 6.45) is 4.89. The SMILES string of the molecule is CC(C)(C)C(=O)C1CC2(CCN(C(C)(C)C)CC2)C1. The summed E-state index contributed by atoms with van der Waals surface area (Å²) in [5.41, 5.74) is 0.650. The average Bonchev–Trinajstić information content (AvgIpc) is 2.22. The Morgan fingerprint density at radius 3 is 1.84 bits per heavy atom. The minimum Gasteiger partial charge on any atom is -0.299 e. The number of nitrogens with zero attached hydrogens (tertiary/aromatic N) is 1. The first-order chi connectivity index (χ1) is 8.54. The number of hydrogen-bond acceptors (Lipinski definition) is 2. The molecule has 1 aliphatic carbocycles. The molecule has 2 rings (SSSR count). The molecule has 110 valence electrons. The fourth-order valence-corrected chi connectivity index (χ4v) is 3.84. The summed E-state index contributed by atoms with van der Waals surface area (Å²) in [6.45, 7) is 15.5. The molecule has 0 N–H and O–H groups in total. The molecule has 1 saturated heterocycles. The maximum absolute atomic E-state index is 12.3. The number of carbonyl (C=O) groups excluding carboxylic acids is 1. The monoisotopic (exact) mass is 265 g/mol. The van der Waals surface area contributed by atoms with Gasteiger partial charge in [-0.1, -0.05) is 20.8 Å². The second-order valence-electron chi connectivity index (χ2n) is 8.88. The van der Waals surface area contributed by atoms with Crippen LogP contribution >= 0.6 is 0 Å². The summed E-state index contributed by atoms with van der Waals surface area (Å²) in [5.74, 6) is 0.831. The average molecular weight is 265 g/mol. The van der Waals surface area contributed by atoms with Crippen molar-refractivity contribution in [3.63, 3.8) is 0 Å². The molecule has 1 spiro atoms. The quantitative estimate of drug-likeness (QED) is 0.717. The Hall–Kier alpha value is -0.370. The standard InChI is InChI=1S/C17H31NO/c1-15(2,3)14(19)13-11-17(12-13)7-9-18(10-8-17)16(4,5)6/h13H,7-12H2,1-6H3. The Kier molecular flexibility index (Phi) is 3.62. The van der Waals surface area contributed by atoms with Gasteiger partial charge in [-0.15, -0.1) is 0 Å². The smallest absolute Gasteiger partial charge is 0.141 e. The number of Topliss-reactive ketones (excluding diaryl/α,β-unsaturated/α-hetero) is 1. The normalized spacial score (nSPS) is 25.4. The maximum atomic E-state index is 12.3. The van der Waals surface area contributed by atoms with Gasteiger partial charge >= 0.3 is 0 Å². The molecule has 0 amide bonds. The van der Waals surface area contributed by atoms with Crippen molar-refractivity contribution in [2.24, 2.45) is 16.7 Å². The predicted octanol–water partition coefficient (Wildman–Crippen LogP) is 3.89. The van der Waals surface area contributed by atoms with Crippen molar-refractivity contribution in [2.75, 3.05) is 13.1 Å². The van der Waals surface area contributed by atoms with Crippen molar-refractivity contribution in [2.45, 2.75) is 72.8 Å². The van der Waals surface area contributed by atoms with Gasteiger partial charge in [-0.2, -0.15) is 0 Å². The molecular weight excluding hydrogens is 234 g/mol. The van der Waals surface area contributed by atoms with Crippen molar-refractivity contribution in [1.29, 1.82) is 0 Å². The molecule has 2 aliphatic rings. The summed E-state index contributed by atoms with van der Waals surface area (Å²) in [6, 6.07) is 0. The molecule has 1 heterocycles. The zero-order valence-corrected chi connectivity index (χ0v) is 13.7. The van der Waals surface area contributed by atoms with E-state index < -0.39 is 0 Å². The number of piperidine rings is 1. The first-order valence-electron chi connectivity index (χ1n) is 7.83. The number of carbonyl (C=O) groups is 1. The van der Waals surface area contributed by atoms with Crippen LogP contribution in [-0.2, 0) is 4.79 Å². The zero-order chi connectivity index (χ0) is 14.5. The lowest BCUT2D eigenvalue weighted by atomic mass is 9.54. The summed E-state index contributed by atoms with van der Waals surface area (Å²) in [7, 11) is 0. The summed E-state index contributed by atoms with van der Waals surface area (Å²) < 4.78 is 0. The van der Waals surface area contributed by atoms with Crippen LogP contribution in [0.4, 0.5) is 0 Å². The predicted molar refractivity (Wildman–Crippen MR) is 80.2 cm³/mol. The van der Waals surface area contributed by atoms with Gasteiger partial charge in [0, 0.05) is 16.9 Å². The highest BCUT2D eigenvalue weighted by Crippen LogP contribution is 2.54. The van der Waals surface area contributed by atoms with E-state index in [1.807, 2.05) is 0 Å². The number of likely N-dealkylation sites (tertiary alicyclic amines) is 1. The summed E-state index contributed by atoms with van der Waals surface area (Å²) >= 11 is 0. The van der Waals surface area contributed by atoms with E-state index in [2.05, 4.69) is 46.4 Å². The molecular formula is C17H31NO. The van der Waals surface area contributed by atoms with E-state index in [-0.39, 0.29) is 5.41 Å². The second-order valence-corrected chi connectivity index (χ2v) is 8.88. The van der Waals surface area contributed by atoms with Gasteiger partial charge in [0.2, 0.25) is 0 Å². The molecule has 2 fully saturated rings. The Morgan fingerprint density at radius 1 is 1.00 bits per heavy atom. The number of ketones is 1. The molecule has 19 heavy (non-hydrogen) atoms. The van der Waals surface area contributed by atoms with Crippen LogP contribution in [0.2, 0.25) is 0 Å². The van der Waals surface area contributed by atoms with Crippen LogP contribution in [0.15, 0.2) is 0 Å². The minimum absolute atomic E-state index is 0.154. The van der Waals surface area contributed by atoms with Gasteiger partial charge in [0.15, 0.2) is 0 Å². The Bertz CT molecular complexity index is 342. The summed E-state index contributed by atoms with van der Waals surface area (Å²) in [5, 5.41) is 0. The van der Waals surface area contributed by atoms with Gasteiger partial charge in [0.1, 0.15) is 5.78 Å². The third kappa shape index (κ3) is 3.04. The van der Waals surface area contributed by atoms with Crippen molar-refractivity contribution < 1.29 is 4.79 Å². The van der Waals surface area contributed by atoms with Crippen LogP contribution in [0.25, 0.3) is 0 Å². The molecule has 0 aromatic rings. The van der Waals surface area contributed by atoms with Crippen LogP contribution in [-0.4, -0.2) is 29.3 Å². The second kappa shape index (κ2) is 4.58. The fraction of sp³-hybridized carbons (Fsp3) is 0.941. The third-order valence-corrected chi connectivity index (χ3v) is 5.24. The van der Waals surface area contributed by atoms with Crippen molar-refractivity contribution in [3.8, 4) is 0 Å². The van der Waals surface area contributed by atoms with E-state index >= 15 is 0 Å². The molecule has 0 atom stereocenters. The minimum atomic E-state index is -0.154. The van der Waals surface area contributed by atoms with Gasteiger partial charge in [0.05, 0.1) is 0 Å².